The van der Waals surface area contributed by atoms with Gasteiger partial charge in [-0.3, -0.25) is 4.79 Å². The van der Waals surface area contributed by atoms with Gasteiger partial charge in [0.25, 0.3) is 0 Å². The van der Waals surface area contributed by atoms with Crippen molar-refractivity contribution >= 4 is 5.97 Å². The zero-order valence-electron chi connectivity index (χ0n) is 10.3. The SMILES string of the molecule is Cc1cc(C)cc(C2(C(=O)O)CC2(C)C)c1. The van der Waals surface area contributed by atoms with Crippen LogP contribution in [0.5, 0.6) is 0 Å². The number of hydrogen-bond acceptors (Lipinski definition) is 1. The fourth-order valence-electron chi connectivity index (χ4n) is 2.82. The summed E-state index contributed by atoms with van der Waals surface area (Å²) >= 11 is 0. The number of hydrogen-bond donors (Lipinski definition) is 1. The van der Waals surface area contributed by atoms with Crippen molar-refractivity contribution in [2.75, 3.05) is 0 Å². The Bertz CT molecular complexity index is 440. The smallest absolute Gasteiger partial charge is 0.314 e. The first kappa shape index (κ1) is 11.2. The van der Waals surface area contributed by atoms with Crippen molar-refractivity contribution in [1.82, 2.24) is 0 Å². The molecule has 0 spiro atoms. The van der Waals surface area contributed by atoms with Gasteiger partial charge in [-0.25, -0.2) is 0 Å². The van der Waals surface area contributed by atoms with E-state index in [1.165, 1.54) is 0 Å². The number of aliphatic carboxylic acids is 1. The Labute approximate surface area is 96.3 Å². The van der Waals surface area contributed by atoms with Crippen LogP contribution < -0.4 is 0 Å². The standard InChI is InChI=1S/C14H18O2/c1-9-5-10(2)7-11(6-9)14(12(15)16)8-13(14,3)4/h5-7H,8H2,1-4H3,(H,15,16). The van der Waals surface area contributed by atoms with Gasteiger partial charge in [-0.15, -0.1) is 0 Å². The lowest BCUT2D eigenvalue weighted by Gasteiger charge is -2.17. The first-order valence-corrected chi connectivity index (χ1v) is 5.62. The minimum atomic E-state index is -0.692. The molecule has 1 fully saturated rings. The molecule has 1 atom stereocenters. The van der Waals surface area contributed by atoms with Gasteiger partial charge in [0.15, 0.2) is 0 Å². The summed E-state index contributed by atoms with van der Waals surface area (Å²) in [6.07, 6.45) is 0.734. The predicted molar refractivity (Wildman–Crippen MR) is 63.6 cm³/mol. The number of rotatable bonds is 2. The highest BCUT2D eigenvalue weighted by molar-refractivity contribution is 5.87. The van der Waals surface area contributed by atoms with Gasteiger partial charge in [0.1, 0.15) is 0 Å². The third-order valence-electron chi connectivity index (χ3n) is 3.82. The molecule has 0 aromatic heterocycles. The highest BCUT2D eigenvalue weighted by atomic mass is 16.4. The molecule has 16 heavy (non-hydrogen) atoms. The van der Waals surface area contributed by atoms with Gasteiger partial charge in [0.05, 0.1) is 5.41 Å². The van der Waals surface area contributed by atoms with E-state index in [0.717, 1.165) is 23.1 Å². The summed E-state index contributed by atoms with van der Waals surface area (Å²) in [6.45, 7) is 8.08. The van der Waals surface area contributed by atoms with E-state index in [9.17, 15) is 9.90 Å². The van der Waals surface area contributed by atoms with Gasteiger partial charge >= 0.3 is 5.97 Å². The number of carboxylic acids is 1. The second-order valence-electron chi connectivity index (χ2n) is 5.65. The van der Waals surface area contributed by atoms with Crippen LogP contribution in [-0.4, -0.2) is 11.1 Å². The average molecular weight is 218 g/mol. The number of carboxylic acid groups (broad SMARTS) is 1. The third-order valence-corrected chi connectivity index (χ3v) is 3.82. The normalized spacial score (nSPS) is 26.5. The van der Waals surface area contributed by atoms with E-state index < -0.39 is 11.4 Å². The molecule has 0 bridgehead atoms. The molecule has 2 heteroatoms. The van der Waals surface area contributed by atoms with E-state index in [2.05, 4.69) is 6.07 Å². The molecule has 2 nitrogen and oxygen atoms in total. The maximum atomic E-state index is 11.5. The molecule has 0 heterocycles. The van der Waals surface area contributed by atoms with Crippen molar-refractivity contribution in [3.05, 3.63) is 34.9 Å². The molecule has 1 aromatic rings. The predicted octanol–water partition coefficient (Wildman–Crippen LogP) is 3.06. The van der Waals surface area contributed by atoms with E-state index in [1.54, 1.807) is 0 Å². The van der Waals surface area contributed by atoms with Gasteiger partial charge in [0, 0.05) is 0 Å². The summed E-state index contributed by atoms with van der Waals surface area (Å²) in [4.78, 5) is 11.5. The minimum absolute atomic E-state index is 0.126. The molecule has 0 radical (unpaired) electrons. The molecule has 1 aliphatic rings. The van der Waals surface area contributed by atoms with E-state index in [-0.39, 0.29) is 5.41 Å². The molecule has 1 unspecified atom stereocenters. The maximum Gasteiger partial charge on any atom is 0.314 e. The fraction of sp³-hybridized carbons (Fsp3) is 0.500. The molecule has 1 aliphatic carbocycles. The Hall–Kier alpha value is -1.31. The second-order valence-corrected chi connectivity index (χ2v) is 5.65. The summed E-state index contributed by atoms with van der Waals surface area (Å²) < 4.78 is 0. The Balaban J connectivity index is 2.55. The van der Waals surface area contributed by atoms with E-state index >= 15 is 0 Å². The lowest BCUT2D eigenvalue weighted by molar-refractivity contribution is -0.141. The Morgan fingerprint density at radius 3 is 1.94 bits per heavy atom. The molecule has 86 valence electrons. The van der Waals surface area contributed by atoms with Gasteiger partial charge in [-0.05, 0) is 31.2 Å². The molecular weight excluding hydrogens is 200 g/mol. The largest absolute Gasteiger partial charge is 0.481 e. The molecular formula is C14H18O2. The second kappa shape index (κ2) is 3.09. The minimum Gasteiger partial charge on any atom is -0.481 e. The Morgan fingerprint density at radius 2 is 1.62 bits per heavy atom. The zero-order chi connectivity index (χ0) is 12.1. The van der Waals surface area contributed by atoms with Crippen LogP contribution in [0.15, 0.2) is 18.2 Å². The van der Waals surface area contributed by atoms with Crippen LogP contribution in [0.25, 0.3) is 0 Å². The van der Waals surface area contributed by atoms with Crippen LogP contribution in [-0.2, 0) is 10.2 Å². The van der Waals surface area contributed by atoms with Crippen LogP contribution in [0.3, 0.4) is 0 Å². The van der Waals surface area contributed by atoms with Gasteiger partial charge in [0.2, 0.25) is 0 Å². The van der Waals surface area contributed by atoms with Crippen molar-refractivity contribution in [3.8, 4) is 0 Å². The summed E-state index contributed by atoms with van der Waals surface area (Å²) in [6, 6.07) is 6.10. The van der Waals surface area contributed by atoms with Crippen molar-refractivity contribution in [3.63, 3.8) is 0 Å². The molecule has 1 saturated carbocycles. The lowest BCUT2D eigenvalue weighted by Crippen LogP contribution is -2.25. The van der Waals surface area contributed by atoms with Crippen molar-refractivity contribution in [1.29, 1.82) is 0 Å². The zero-order valence-corrected chi connectivity index (χ0v) is 10.3. The average Bonchev–Trinajstić information content (AvgIpc) is 2.69. The first-order chi connectivity index (χ1) is 7.29. The van der Waals surface area contributed by atoms with Crippen LogP contribution in [0.2, 0.25) is 0 Å². The number of aryl methyl sites for hydroxylation is 2. The van der Waals surface area contributed by atoms with Crippen LogP contribution >= 0.6 is 0 Å². The molecule has 1 aromatic carbocycles. The third kappa shape index (κ3) is 1.36. The van der Waals surface area contributed by atoms with Gasteiger partial charge < -0.3 is 5.11 Å². The van der Waals surface area contributed by atoms with E-state index in [0.29, 0.717) is 0 Å². The van der Waals surface area contributed by atoms with Crippen molar-refractivity contribution in [2.24, 2.45) is 5.41 Å². The fourth-order valence-corrected chi connectivity index (χ4v) is 2.82. The molecule has 2 rings (SSSR count). The summed E-state index contributed by atoms with van der Waals surface area (Å²) in [5.41, 5.74) is 2.45. The van der Waals surface area contributed by atoms with Crippen molar-refractivity contribution < 1.29 is 9.90 Å². The van der Waals surface area contributed by atoms with Crippen LogP contribution in [0, 0.1) is 19.3 Å². The van der Waals surface area contributed by atoms with Crippen LogP contribution in [0.4, 0.5) is 0 Å². The Kier molecular flexibility index (Phi) is 2.16. The highest BCUT2D eigenvalue weighted by Crippen LogP contribution is 2.64. The summed E-state index contributed by atoms with van der Waals surface area (Å²) in [5, 5.41) is 9.47. The summed E-state index contributed by atoms with van der Waals surface area (Å²) in [5.74, 6) is -0.692. The number of benzene rings is 1. The van der Waals surface area contributed by atoms with Gasteiger partial charge in [-0.1, -0.05) is 43.2 Å². The molecule has 0 aliphatic heterocycles. The Morgan fingerprint density at radius 1 is 1.19 bits per heavy atom. The molecule has 0 saturated heterocycles. The number of carbonyl (C=O) groups is 1. The highest BCUT2D eigenvalue weighted by Gasteiger charge is 2.67. The van der Waals surface area contributed by atoms with Crippen molar-refractivity contribution in [2.45, 2.75) is 39.5 Å². The van der Waals surface area contributed by atoms with E-state index in [1.807, 2.05) is 39.8 Å². The molecule has 1 N–H and O–H groups in total. The van der Waals surface area contributed by atoms with Crippen LogP contribution in [0.1, 0.15) is 37.0 Å². The lowest BCUT2D eigenvalue weighted by atomic mass is 9.86. The van der Waals surface area contributed by atoms with E-state index in [4.69, 9.17) is 0 Å². The summed E-state index contributed by atoms with van der Waals surface area (Å²) in [7, 11) is 0. The quantitative estimate of drug-likeness (QED) is 0.828. The first-order valence-electron chi connectivity index (χ1n) is 5.62. The topological polar surface area (TPSA) is 37.3 Å². The van der Waals surface area contributed by atoms with Gasteiger partial charge in [-0.2, -0.15) is 0 Å². The monoisotopic (exact) mass is 218 g/mol. The molecule has 0 amide bonds. The maximum absolute atomic E-state index is 11.5.